The first-order valence-corrected chi connectivity index (χ1v) is 4.52. The summed E-state index contributed by atoms with van der Waals surface area (Å²) in [6, 6.07) is -0.619. The molecular weight excluding hydrogens is 182 g/mol. The standard InChI is InChI=1S/C9H15N3O2/c1-5(7-3-11-4-7)9(14)12-6(2)8(10)13/h6,11H,3-4H2,1-2H3,(H2,10,13)(H,12,14). The molecule has 1 aliphatic rings. The van der Waals surface area contributed by atoms with Gasteiger partial charge in [0.25, 0.3) is 0 Å². The molecule has 5 heteroatoms. The lowest BCUT2D eigenvalue weighted by molar-refractivity contribution is -0.125. The van der Waals surface area contributed by atoms with Crippen molar-refractivity contribution in [2.45, 2.75) is 19.9 Å². The van der Waals surface area contributed by atoms with Crippen LogP contribution in [-0.2, 0) is 9.59 Å². The van der Waals surface area contributed by atoms with Gasteiger partial charge in [-0.2, -0.15) is 0 Å². The summed E-state index contributed by atoms with van der Waals surface area (Å²) >= 11 is 0. The minimum absolute atomic E-state index is 0.215. The van der Waals surface area contributed by atoms with Crippen molar-refractivity contribution < 1.29 is 9.59 Å². The Morgan fingerprint density at radius 1 is 1.50 bits per heavy atom. The maximum atomic E-state index is 11.5. The van der Waals surface area contributed by atoms with E-state index in [9.17, 15) is 9.59 Å². The summed E-state index contributed by atoms with van der Waals surface area (Å²) < 4.78 is 0. The number of nitrogens with two attached hydrogens (primary N) is 1. The maximum absolute atomic E-state index is 11.5. The fourth-order valence-electron chi connectivity index (χ4n) is 1.05. The highest BCUT2D eigenvalue weighted by Gasteiger charge is 2.18. The summed E-state index contributed by atoms with van der Waals surface area (Å²) in [6.07, 6.45) is 0. The number of carbonyl (C=O) groups excluding carboxylic acids is 2. The zero-order valence-corrected chi connectivity index (χ0v) is 8.39. The molecule has 4 N–H and O–H groups in total. The van der Waals surface area contributed by atoms with E-state index in [1.807, 2.05) is 0 Å². The molecule has 0 aromatic rings. The van der Waals surface area contributed by atoms with Crippen LogP contribution in [0.1, 0.15) is 13.8 Å². The molecule has 78 valence electrons. The Morgan fingerprint density at radius 2 is 2.07 bits per heavy atom. The largest absolute Gasteiger partial charge is 0.368 e. The Labute approximate surface area is 82.7 Å². The van der Waals surface area contributed by atoms with Crippen molar-refractivity contribution in [1.82, 2.24) is 10.6 Å². The molecule has 1 heterocycles. The monoisotopic (exact) mass is 197 g/mol. The number of rotatable bonds is 3. The summed E-state index contributed by atoms with van der Waals surface area (Å²) in [5, 5.41) is 5.57. The van der Waals surface area contributed by atoms with Crippen LogP contribution in [0.3, 0.4) is 0 Å². The van der Waals surface area contributed by atoms with E-state index in [2.05, 4.69) is 10.6 Å². The van der Waals surface area contributed by atoms with Crippen LogP contribution >= 0.6 is 0 Å². The lowest BCUT2D eigenvalue weighted by atomic mass is 10.0. The minimum Gasteiger partial charge on any atom is -0.368 e. The first-order valence-electron chi connectivity index (χ1n) is 4.52. The van der Waals surface area contributed by atoms with Gasteiger partial charge in [-0.05, 0) is 19.4 Å². The molecule has 14 heavy (non-hydrogen) atoms. The summed E-state index contributed by atoms with van der Waals surface area (Å²) in [6.45, 7) is 4.82. The molecule has 0 aromatic carbocycles. The lowest BCUT2D eigenvalue weighted by Gasteiger charge is -2.22. The number of carbonyl (C=O) groups is 2. The molecule has 0 saturated carbocycles. The topological polar surface area (TPSA) is 84.2 Å². The van der Waals surface area contributed by atoms with Crippen molar-refractivity contribution in [3.05, 3.63) is 11.1 Å². The molecule has 0 spiro atoms. The Bertz CT molecular complexity index is 290. The van der Waals surface area contributed by atoms with E-state index < -0.39 is 11.9 Å². The van der Waals surface area contributed by atoms with Crippen LogP contribution in [0.15, 0.2) is 11.1 Å². The average Bonchev–Trinajstić information content (AvgIpc) is 2.00. The number of primary amides is 1. The van der Waals surface area contributed by atoms with Gasteiger partial charge in [-0.25, -0.2) is 0 Å². The van der Waals surface area contributed by atoms with Gasteiger partial charge in [-0.15, -0.1) is 0 Å². The number of hydrogen-bond acceptors (Lipinski definition) is 3. The molecule has 5 nitrogen and oxygen atoms in total. The molecule has 0 aliphatic carbocycles. The average molecular weight is 197 g/mol. The highest BCUT2D eigenvalue weighted by Crippen LogP contribution is 2.08. The Hall–Kier alpha value is -1.36. The zero-order chi connectivity index (χ0) is 10.7. The molecule has 1 atom stereocenters. The van der Waals surface area contributed by atoms with Gasteiger partial charge >= 0.3 is 0 Å². The number of hydrogen-bond donors (Lipinski definition) is 3. The van der Waals surface area contributed by atoms with Crippen LogP contribution in [0, 0.1) is 0 Å². The molecule has 2 amide bonds. The Balaban J connectivity index is 2.54. The lowest BCUT2D eigenvalue weighted by Crippen LogP contribution is -2.44. The third-order valence-electron chi connectivity index (χ3n) is 2.32. The van der Waals surface area contributed by atoms with Crippen molar-refractivity contribution in [2.24, 2.45) is 5.73 Å². The van der Waals surface area contributed by atoms with E-state index in [1.54, 1.807) is 13.8 Å². The summed E-state index contributed by atoms with van der Waals surface area (Å²) in [4.78, 5) is 22.2. The second-order valence-electron chi connectivity index (χ2n) is 3.43. The molecule has 0 aromatic heterocycles. The van der Waals surface area contributed by atoms with E-state index in [0.29, 0.717) is 5.57 Å². The van der Waals surface area contributed by atoms with Gasteiger partial charge in [0.1, 0.15) is 6.04 Å². The third-order valence-corrected chi connectivity index (χ3v) is 2.32. The predicted molar refractivity (Wildman–Crippen MR) is 52.4 cm³/mol. The van der Waals surface area contributed by atoms with Crippen LogP contribution in [0.2, 0.25) is 0 Å². The quantitative estimate of drug-likeness (QED) is 0.502. The second kappa shape index (κ2) is 4.23. The van der Waals surface area contributed by atoms with Crippen molar-refractivity contribution >= 4 is 11.8 Å². The minimum atomic E-state index is -0.619. The molecule has 0 bridgehead atoms. The Kier molecular flexibility index (Phi) is 3.24. The van der Waals surface area contributed by atoms with E-state index in [-0.39, 0.29) is 5.91 Å². The fourth-order valence-corrected chi connectivity index (χ4v) is 1.05. The van der Waals surface area contributed by atoms with Crippen LogP contribution < -0.4 is 16.4 Å². The van der Waals surface area contributed by atoms with E-state index in [1.165, 1.54) is 0 Å². The number of amides is 2. The van der Waals surface area contributed by atoms with E-state index in [4.69, 9.17) is 5.73 Å². The van der Waals surface area contributed by atoms with Gasteiger partial charge in [0.15, 0.2) is 0 Å². The number of nitrogens with one attached hydrogen (secondary N) is 2. The summed E-state index contributed by atoms with van der Waals surface area (Å²) in [5.41, 5.74) is 6.79. The van der Waals surface area contributed by atoms with Gasteiger partial charge in [0, 0.05) is 18.7 Å². The third kappa shape index (κ3) is 2.32. The normalized spacial score (nSPS) is 16.9. The molecule has 1 saturated heterocycles. The second-order valence-corrected chi connectivity index (χ2v) is 3.43. The van der Waals surface area contributed by atoms with Crippen LogP contribution in [0.25, 0.3) is 0 Å². The van der Waals surface area contributed by atoms with E-state index >= 15 is 0 Å². The van der Waals surface area contributed by atoms with Crippen LogP contribution in [0.5, 0.6) is 0 Å². The predicted octanol–water partition coefficient (Wildman–Crippen LogP) is -1.10. The maximum Gasteiger partial charge on any atom is 0.247 e. The van der Waals surface area contributed by atoms with Crippen molar-refractivity contribution in [2.75, 3.05) is 13.1 Å². The molecule has 1 rings (SSSR count). The highest BCUT2D eigenvalue weighted by molar-refractivity contribution is 5.96. The van der Waals surface area contributed by atoms with Gasteiger partial charge in [0.05, 0.1) is 0 Å². The van der Waals surface area contributed by atoms with Crippen molar-refractivity contribution in [3.8, 4) is 0 Å². The Morgan fingerprint density at radius 3 is 2.43 bits per heavy atom. The van der Waals surface area contributed by atoms with Gasteiger partial charge in [-0.1, -0.05) is 0 Å². The van der Waals surface area contributed by atoms with Crippen LogP contribution in [-0.4, -0.2) is 30.9 Å². The van der Waals surface area contributed by atoms with Gasteiger partial charge in [0.2, 0.25) is 11.8 Å². The summed E-state index contributed by atoms with van der Waals surface area (Å²) in [5.74, 6) is -0.740. The first kappa shape index (κ1) is 10.7. The van der Waals surface area contributed by atoms with Crippen molar-refractivity contribution in [3.63, 3.8) is 0 Å². The summed E-state index contributed by atoms with van der Waals surface area (Å²) in [7, 11) is 0. The molecule has 1 fully saturated rings. The zero-order valence-electron chi connectivity index (χ0n) is 8.39. The van der Waals surface area contributed by atoms with Gasteiger partial charge in [-0.3, -0.25) is 9.59 Å². The molecule has 1 unspecified atom stereocenters. The van der Waals surface area contributed by atoms with E-state index in [0.717, 1.165) is 18.7 Å². The fraction of sp³-hybridized carbons (Fsp3) is 0.556. The molecule has 0 radical (unpaired) electrons. The smallest absolute Gasteiger partial charge is 0.247 e. The van der Waals surface area contributed by atoms with Crippen molar-refractivity contribution in [1.29, 1.82) is 0 Å². The SMILES string of the molecule is CC(C(=O)NC(C)C(N)=O)=C1CNC1. The van der Waals surface area contributed by atoms with Gasteiger partial charge < -0.3 is 16.4 Å². The highest BCUT2D eigenvalue weighted by atomic mass is 16.2. The first-order chi connectivity index (χ1) is 6.52. The van der Waals surface area contributed by atoms with Crippen LogP contribution in [0.4, 0.5) is 0 Å². The molecular formula is C9H15N3O2. The molecule has 1 aliphatic heterocycles.